The number of ether oxygens (including phenoxy) is 1. The number of hydrogen-bond donors (Lipinski definition) is 1. The molecule has 0 rings (SSSR count). The van der Waals surface area contributed by atoms with E-state index in [2.05, 4.69) is 4.74 Å². The normalized spacial score (nSPS) is 10.8. The molecule has 0 saturated carbocycles. The Morgan fingerprint density at radius 1 is 1.40 bits per heavy atom. The first-order chi connectivity index (χ1) is 4.34. The fraction of sp³-hybridized carbons (Fsp3) is 0.667. The molecule has 4 nitrogen and oxygen atoms in total. The second kappa shape index (κ2) is 2.79. The summed E-state index contributed by atoms with van der Waals surface area (Å²) in [5, 5.41) is 0. The van der Waals surface area contributed by atoms with Crippen molar-refractivity contribution in [2.24, 2.45) is 5.73 Å². The van der Waals surface area contributed by atoms with Crippen molar-refractivity contribution in [3.8, 4) is 0 Å². The van der Waals surface area contributed by atoms with Crippen LogP contribution in [0, 0.1) is 0 Å². The van der Waals surface area contributed by atoms with E-state index in [1.165, 1.54) is 13.8 Å². The third-order valence-electron chi connectivity index (χ3n) is 0.763. The SMILES string of the molecule is CC(=O)OC(=O)C(C)(C)N. The van der Waals surface area contributed by atoms with Crippen LogP contribution in [-0.2, 0) is 14.3 Å². The highest BCUT2D eigenvalue weighted by atomic mass is 16.6. The fourth-order valence-electron chi connectivity index (χ4n) is 0.262. The molecule has 0 aliphatic carbocycles. The summed E-state index contributed by atoms with van der Waals surface area (Å²) >= 11 is 0. The van der Waals surface area contributed by atoms with Crippen molar-refractivity contribution in [1.82, 2.24) is 0 Å². The molecule has 0 heterocycles. The summed E-state index contributed by atoms with van der Waals surface area (Å²) in [6.07, 6.45) is 0. The Labute approximate surface area is 59.3 Å². The highest BCUT2D eigenvalue weighted by molar-refractivity contribution is 5.89. The van der Waals surface area contributed by atoms with Gasteiger partial charge in [0.1, 0.15) is 5.54 Å². The van der Waals surface area contributed by atoms with Gasteiger partial charge in [0.2, 0.25) is 0 Å². The van der Waals surface area contributed by atoms with E-state index in [4.69, 9.17) is 5.73 Å². The first-order valence-corrected chi connectivity index (χ1v) is 2.86. The van der Waals surface area contributed by atoms with Gasteiger partial charge < -0.3 is 10.5 Å². The number of carbonyl (C=O) groups excluding carboxylic acids is 2. The van der Waals surface area contributed by atoms with Gasteiger partial charge in [-0.2, -0.15) is 0 Å². The molecule has 2 N–H and O–H groups in total. The van der Waals surface area contributed by atoms with E-state index in [9.17, 15) is 9.59 Å². The molecule has 0 amide bonds. The molecule has 0 bridgehead atoms. The Hall–Kier alpha value is -0.900. The molecule has 0 aliphatic rings. The summed E-state index contributed by atoms with van der Waals surface area (Å²) in [5.74, 6) is -1.34. The van der Waals surface area contributed by atoms with Crippen molar-refractivity contribution >= 4 is 11.9 Å². The fourth-order valence-corrected chi connectivity index (χ4v) is 0.262. The molecule has 0 aromatic carbocycles. The van der Waals surface area contributed by atoms with Crippen LogP contribution in [0.25, 0.3) is 0 Å². The second-order valence-corrected chi connectivity index (χ2v) is 2.60. The predicted molar refractivity (Wildman–Crippen MR) is 35.0 cm³/mol. The molecular formula is C6H11NO3. The van der Waals surface area contributed by atoms with Gasteiger partial charge >= 0.3 is 11.9 Å². The summed E-state index contributed by atoms with van der Waals surface area (Å²) in [4.78, 5) is 20.9. The van der Waals surface area contributed by atoms with Crippen LogP contribution in [0.5, 0.6) is 0 Å². The molecular weight excluding hydrogens is 134 g/mol. The zero-order valence-electron chi connectivity index (χ0n) is 6.30. The second-order valence-electron chi connectivity index (χ2n) is 2.60. The number of hydrogen-bond acceptors (Lipinski definition) is 4. The molecule has 0 unspecified atom stereocenters. The van der Waals surface area contributed by atoms with Crippen LogP contribution >= 0.6 is 0 Å². The maximum Gasteiger partial charge on any atom is 0.333 e. The Morgan fingerprint density at radius 2 is 1.80 bits per heavy atom. The van der Waals surface area contributed by atoms with Crippen molar-refractivity contribution in [1.29, 1.82) is 0 Å². The Kier molecular flexibility index (Phi) is 2.54. The smallest absolute Gasteiger partial charge is 0.333 e. The van der Waals surface area contributed by atoms with E-state index in [1.807, 2.05) is 0 Å². The average molecular weight is 145 g/mol. The predicted octanol–water partition coefficient (Wildman–Crippen LogP) is -0.187. The first-order valence-electron chi connectivity index (χ1n) is 2.86. The highest BCUT2D eigenvalue weighted by Crippen LogP contribution is 1.99. The average Bonchev–Trinajstić information content (AvgIpc) is 1.60. The summed E-state index contributed by atoms with van der Waals surface area (Å²) < 4.78 is 4.21. The molecule has 0 aromatic heterocycles. The van der Waals surface area contributed by atoms with Crippen LogP contribution in [0.4, 0.5) is 0 Å². The van der Waals surface area contributed by atoms with Gasteiger partial charge in [-0.15, -0.1) is 0 Å². The minimum absolute atomic E-state index is 0.636. The quantitative estimate of drug-likeness (QED) is 0.410. The summed E-state index contributed by atoms with van der Waals surface area (Å²) in [5.41, 5.74) is 4.21. The maximum atomic E-state index is 10.7. The van der Waals surface area contributed by atoms with E-state index in [0.717, 1.165) is 6.92 Å². The van der Waals surface area contributed by atoms with Crippen LogP contribution in [0.15, 0.2) is 0 Å². The lowest BCUT2D eigenvalue weighted by Crippen LogP contribution is -2.43. The van der Waals surface area contributed by atoms with Gasteiger partial charge in [0, 0.05) is 6.92 Å². The number of rotatable bonds is 1. The summed E-state index contributed by atoms with van der Waals surface area (Å²) in [6.45, 7) is 4.10. The molecule has 58 valence electrons. The van der Waals surface area contributed by atoms with Crippen LogP contribution < -0.4 is 5.73 Å². The van der Waals surface area contributed by atoms with Gasteiger partial charge in [-0.3, -0.25) is 4.79 Å². The van der Waals surface area contributed by atoms with Crippen molar-refractivity contribution in [2.45, 2.75) is 26.3 Å². The van der Waals surface area contributed by atoms with Gasteiger partial charge in [-0.05, 0) is 13.8 Å². The Bertz CT molecular complexity index is 157. The zero-order chi connectivity index (χ0) is 8.36. The van der Waals surface area contributed by atoms with Gasteiger partial charge in [0.05, 0.1) is 0 Å². The monoisotopic (exact) mass is 145 g/mol. The van der Waals surface area contributed by atoms with Crippen molar-refractivity contribution in [2.75, 3.05) is 0 Å². The van der Waals surface area contributed by atoms with Gasteiger partial charge in [0.15, 0.2) is 0 Å². The minimum Gasteiger partial charge on any atom is -0.392 e. The van der Waals surface area contributed by atoms with Gasteiger partial charge in [0.25, 0.3) is 0 Å². The Balaban J connectivity index is 3.99. The number of carbonyl (C=O) groups is 2. The molecule has 0 fully saturated rings. The molecule has 0 aliphatic heterocycles. The molecule has 0 aromatic rings. The number of nitrogens with two attached hydrogens (primary N) is 1. The van der Waals surface area contributed by atoms with E-state index in [1.54, 1.807) is 0 Å². The topological polar surface area (TPSA) is 69.4 Å². The van der Waals surface area contributed by atoms with Crippen molar-refractivity contribution < 1.29 is 14.3 Å². The molecule has 0 spiro atoms. The van der Waals surface area contributed by atoms with Crippen LogP contribution in [0.1, 0.15) is 20.8 Å². The lowest BCUT2D eigenvalue weighted by atomic mass is 10.1. The third kappa shape index (κ3) is 3.19. The number of esters is 2. The summed E-state index contributed by atoms with van der Waals surface area (Å²) in [6, 6.07) is 0. The van der Waals surface area contributed by atoms with E-state index >= 15 is 0 Å². The van der Waals surface area contributed by atoms with E-state index < -0.39 is 17.5 Å². The Morgan fingerprint density at radius 3 is 1.90 bits per heavy atom. The minimum atomic E-state index is -1.09. The zero-order valence-corrected chi connectivity index (χ0v) is 6.30. The van der Waals surface area contributed by atoms with E-state index in [-0.39, 0.29) is 0 Å². The molecule has 4 heteroatoms. The van der Waals surface area contributed by atoms with Crippen LogP contribution in [0.3, 0.4) is 0 Å². The van der Waals surface area contributed by atoms with E-state index in [0.29, 0.717) is 0 Å². The van der Waals surface area contributed by atoms with Crippen LogP contribution in [-0.4, -0.2) is 17.5 Å². The molecule has 0 atom stereocenters. The van der Waals surface area contributed by atoms with Gasteiger partial charge in [-0.1, -0.05) is 0 Å². The first kappa shape index (κ1) is 9.10. The maximum absolute atomic E-state index is 10.7. The van der Waals surface area contributed by atoms with Crippen molar-refractivity contribution in [3.05, 3.63) is 0 Å². The lowest BCUT2D eigenvalue weighted by molar-refractivity contribution is -0.161. The highest BCUT2D eigenvalue weighted by Gasteiger charge is 2.24. The van der Waals surface area contributed by atoms with Crippen LogP contribution in [0.2, 0.25) is 0 Å². The van der Waals surface area contributed by atoms with Crippen molar-refractivity contribution in [3.63, 3.8) is 0 Å². The van der Waals surface area contributed by atoms with Gasteiger partial charge in [-0.25, -0.2) is 4.79 Å². The molecule has 0 radical (unpaired) electrons. The summed E-state index contributed by atoms with van der Waals surface area (Å²) in [7, 11) is 0. The molecule has 10 heavy (non-hydrogen) atoms. The molecule has 0 saturated heterocycles. The lowest BCUT2D eigenvalue weighted by Gasteiger charge is -2.14. The largest absolute Gasteiger partial charge is 0.392 e. The standard InChI is InChI=1S/C6H11NO3/c1-4(8)10-5(9)6(2,3)7/h7H2,1-3H3. The third-order valence-corrected chi connectivity index (χ3v) is 0.763.